The number of ether oxygens (including phenoxy) is 4. The van der Waals surface area contributed by atoms with E-state index in [-0.39, 0.29) is 34.3 Å². The van der Waals surface area contributed by atoms with Crippen molar-refractivity contribution in [3.05, 3.63) is 30.3 Å². The second kappa shape index (κ2) is 7.63. The van der Waals surface area contributed by atoms with Gasteiger partial charge >= 0.3 is 0 Å². The van der Waals surface area contributed by atoms with E-state index in [0.717, 1.165) is 0 Å². The number of hydrogen-bond donors (Lipinski definition) is 1. The molecule has 0 aromatic heterocycles. The van der Waals surface area contributed by atoms with Gasteiger partial charge in [-0.3, -0.25) is 0 Å². The van der Waals surface area contributed by atoms with Gasteiger partial charge in [0, 0.05) is 32.6 Å². The molecule has 1 heterocycles. The zero-order valence-electron chi connectivity index (χ0n) is 15.1. The molecule has 1 aliphatic rings. The smallest absolute Gasteiger partial charge is 0.252 e. The second-order valence-electron chi connectivity index (χ2n) is 4.86. The Morgan fingerprint density at radius 1 is 1.36 bits per heavy atom. The molecule has 22 heavy (non-hydrogen) atoms. The standard InChI is InChI=1S/C15H22O6S/c1-18-10-13-14(20-3)12(19-2)9-15(16,21-13)22(17)11-7-5-4-6-8-11/h4-8,12-14,16H,9-10H2,1-3H3/t12-,13-,14+,15?,22?/m1/s1/i1D,2D,3D. The van der Waals surface area contributed by atoms with Gasteiger partial charge in [-0.2, -0.15) is 0 Å². The van der Waals surface area contributed by atoms with Gasteiger partial charge in [-0.15, -0.1) is 0 Å². The Labute approximate surface area is 137 Å². The van der Waals surface area contributed by atoms with E-state index >= 15 is 0 Å². The van der Waals surface area contributed by atoms with Crippen molar-refractivity contribution >= 4 is 10.8 Å². The van der Waals surface area contributed by atoms with Crippen molar-refractivity contribution in [1.82, 2.24) is 0 Å². The van der Waals surface area contributed by atoms with Gasteiger partial charge in [0.15, 0.2) is 0 Å². The van der Waals surface area contributed by atoms with Gasteiger partial charge in [-0.25, -0.2) is 4.21 Å². The molecule has 5 atom stereocenters. The summed E-state index contributed by atoms with van der Waals surface area (Å²) in [6, 6.07) is 8.38. The number of benzene rings is 1. The lowest BCUT2D eigenvalue weighted by molar-refractivity contribution is -0.270. The topological polar surface area (TPSA) is 74.2 Å². The zero-order chi connectivity index (χ0) is 18.3. The molecule has 1 fully saturated rings. The van der Waals surface area contributed by atoms with Gasteiger partial charge < -0.3 is 24.1 Å². The zero-order valence-corrected chi connectivity index (χ0v) is 12.9. The molecular weight excluding hydrogens is 308 g/mol. The van der Waals surface area contributed by atoms with Crippen LogP contribution >= 0.6 is 0 Å². The molecule has 1 saturated heterocycles. The first kappa shape index (κ1) is 13.6. The summed E-state index contributed by atoms with van der Waals surface area (Å²) in [5.41, 5.74) is 0. The molecule has 1 aromatic carbocycles. The third kappa shape index (κ3) is 3.56. The van der Waals surface area contributed by atoms with Crippen LogP contribution in [0, 0.1) is 0 Å². The Morgan fingerprint density at radius 3 is 2.82 bits per heavy atom. The molecule has 6 nitrogen and oxygen atoms in total. The largest absolute Gasteiger partial charge is 0.382 e. The lowest BCUT2D eigenvalue weighted by Crippen LogP contribution is -2.58. The Hall–Kier alpha value is -0.830. The molecule has 2 rings (SSSR count). The van der Waals surface area contributed by atoms with Gasteiger partial charge in [0.2, 0.25) is 0 Å². The van der Waals surface area contributed by atoms with Crippen LogP contribution in [0.3, 0.4) is 0 Å². The van der Waals surface area contributed by atoms with E-state index in [1.807, 2.05) is 0 Å². The predicted molar refractivity (Wildman–Crippen MR) is 80.8 cm³/mol. The molecule has 2 unspecified atom stereocenters. The highest BCUT2D eigenvalue weighted by molar-refractivity contribution is 7.86. The molecule has 124 valence electrons. The van der Waals surface area contributed by atoms with E-state index in [1.165, 1.54) is 0 Å². The van der Waals surface area contributed by atoms with Crippen molar-refractivity contribution in [3.8, 4) is 0 Å². The lowest BCUT2D eigenvalue weighted by Gasteiger charge is -2.43. The first-order chi connectivity index (χ1) is 12.1. The van der Waals surface area contributed by atoms with Crippen LogP contribution in [0.2, 0.25) is 0 Å². The van der Waals surface area contributed by atoms with Crippen LogP contribution in [0.5, 0.6) is 0 Å². The molecule has 1 N–H and O–H groups in total. The van der Waals surface area contributed by atoms with Crippen molar-refractivity contribution in [2.24, 2.45) is 0 Å². The molecule has 0 saturated carbocycles. The quantitative estimate of drug-likeness (QED) is 0.834. The first-order valence-electron chi connectivity index (χ1n) is 8.73. The summed E-state index contributed by atoms with van der Waals surface area (Å²) in [4.78, 5) is 0.384. The Bertz CT molecular complexity index is 551. The number of aliphatic hydroxyl groups is 1. The Balaban J connectivity index is 2.27. The summed E-state index contributed by atoms with van der Waals surface area (Å²) in [5, 5.41) is 8.82. The maximum absolute atomic E-state index is 12.8. The molecule has 7 heteroatoms. The molecule has 1 aromatic rings. The fourth-order valence-corrected chi connectivity index (χ4v) is 3.72. The van der Waals surface area contributed by atoms with E-state index in [4.69, 9.17) is 23.1 Å². The SMILES string of the molecule is [2H]COC[C@H]1OC(O)(S(=O)c2ccccc2)C[C@@H](OC[2H])[C@@H]1OC[2H]. The first-order valence-corrected chi connectivity index (χ1v) is 7.76. The second-order valence-corrected chi connectivity index (χ2v) is 6.51. The van der Waals surface area contributed by atoms with Crippen LogP contribution in [0.25, 0.3) is 0 Å². The minimum Gasteiger partial charge on any atom is -0.382 e. The van der Waals surface area contributed by atoms with Crippen LogP contribution in [0.1, 0.15) is 10.5 Å². The van der Waals surface area contributed by atoms with E-state index < -0.39 is 34.2 Å². The lowest BCUT2D eigenvalue weighted by atomic mass is 10.0. The molecule has 0 spiro atoms. The van der Waals surface area contributed by atoms with Crippen molar-refractivity contribution in [2.45, 2.75) is 34.7 Å². The third-order valence-corrected chi connectivity index (χ3v) is 5.01. The highest BCUT2D eigenvalue weighted by atomic mass is 32.2. The average Bonchev–Trinajstić information content (AvgIpc) is 2.63. The van der Waals surface area contributed by atoms with Crippen molar-refractivity contribution in [3.63, 3.8) is 0 Å². The molecule has 0 radical (unpaired) electrons. The number of hydrogen-bond acceptors (Lipinski definition) is 6. The minimum absolute atomic E-state index is 0.0969. The Morgan fingerprint density at radius 2 is 2.14 bits per heavy atom. The maximum Gasteiger partial charge on any atom is 0.252 e. The van der Waals surface area contributed by atoms with Gasteiger partial charge in [-0.05, 0) is 12.1 Å². The average molecular weight is 333 g/mol. The normalized spacial score (nSPS) is 35.3. The van der Waals surface area contributed by atoms with Crippen LogP contribution in [0.4, 0.5) is 0 Å². The predicted octanol–water partition coefficient (Wildman–Crippen LogP) is 0.906. The van der Waals surface area contributed by atoms with Crippen LogP contribution < -0.4 is 0 Å². The van der Waals surface area contributed by atoms with Crippen LogP contribution in [0.15, 0.2) is 35.2 Å². The van der Waals surface area contributed by atoms with E-state index in [9.17, 15) is 9.32 Å². The summed E-state index contributed by atoms with van der Waals surface area (Å²) < 4.78 is 55.8. The van der Waals surface area contributed by atoms with Crippen LogP contribution in [-0.2, 0) is 29.7 Å². The monoisotopic (exact) mass is 333 g/mol. The molecule has 0 bridgehead atoms. The fraction of sp³-hybridized carbons (Fsp3) is 0.600. The van der Waals surface area contributed by atoms with E-state index in [0.29, 0.717) is 4.90 Å². The van der Waals surface area contributed by atoms with E-state index in [2.05, 4.69) is 0 Å². The molecule has 0 aliphatic carbocycles. The number of methoxy groups -OCH3 is 3. The third-order valence-electron chi connectivity index (χ3n) is 3.46. The summed E-state index contributed by atoms with van der Waals surface area (Å²) in [6.45, 7) is -0.0969. The summed E-state index contributed by atoms with van der Waals surface area (Å²) in [7, 11) is -3.00. The Kier molecular flexibility index (Phi) is 4.71. The van der Waals surface area contributed by atoms with Gasteiger partial charge in [0.05, 0.1) is 16.8 Å². The number of rotatable bonds is 6. The summed E-state index contributed by atoms with van der Waals surface area (Å²) in [6.07, 6.45) is -2.65. The molecular formula is C15H22O6S. The minimum atomic E-state index is -2.06. The van der Waals surface area contributed by atoms with Crippen LogP contribution in [-0.4, -0.2) is 60.6 Å². The summed E-state index contributed by atoms with van der Waals surface area (Å²) in [5.74, 6) is 0. The maximum atomic E-state index is 12.8. The van der Waals surface area contributed by atoms with Crippen molar-refractivity contribution in [2.75, 3.05) is 27.9 Å². The van der Waals surface area contributed by atoms with Gasteiger partial charge in [0.25, 0.3) is 5.12 Å². The molecule has 0 amide bonds. The molecule has 1 aliphatic heterocycles. The van der Waals surface area contributed by atoms with E-state index in [1.54, 1.807) is 30.3 Å². The van der Waals surface area contributed by atoms with Crippen molar-refractivity contribution in [1.29, 1.82) is 0 Å². The van der Waals surface area contributed by atoms with Gasteiger partial charge in [0.1, 0.15) is 23.0 Å². The summed E-state index contributed by atoms with van der Waals surface area (Å²) >= 11 is 0. The highest BCUT2D eigenvalue weighted by Gasteiger charge is 2.51. The van der Waals surface area contributed by atoms with Crippen molar-refractivity contribution < 1.29 is 32.4 Å². The highest BCUT2D eigenvalue weighted by Crippen LogP contribution is 2.35. The van der Waals surface area contributed by atoms with Gasteiger partial charge in [-0.1, -0.05) is 18.2 Å². The fourth-order valence-electron chi connectivity index (χ4n) is 2.42.